The monoisotopic (exact) mass is 316 g/mol. The van der Waals surface area contributed by atoms with Crippen LogP contribution >= 0.6 is 11.6 Å². The average Bonchev–Trinajstić information content (AvgIpc) is 2.53. The summed E-state index contributed by atoms with van der Waals surface area (Å²) in [7, 11) is 1.52. The Morgan fingerprint density at radius 1 is 1.32 bits per heavy atom. The highest BCUT2D eigenvalue weighted by Crippen LogP contribution is 2.27. The summed E-state index contributed by atoms with van der Waals surface area (Å²) in [6.45, 7) is -0.168. The van der Waals surface area contributed by atoms with E-state index < -0.39 is 0 Å². The predicted molar refractivity (Wildman–Crippen MR) is 83.3 cm³/mol. The lowest BCUT2D eigenvalue weighted by atomic mass is 10.2. The van der Waals surface area contributed by atoms with Crippen LogP contribution in [0.25, 0.3) is 0 Å². The van der Waals surface area contributed by atoms with E-state index in [-0.39, 0.29) is 12.5 Å². The number of methoxy groups -OCH3 is 1. The van der Waals surface area contributed by atoms with E-state index in [1.54, 1.807) is 42.5 Å². The Hall–Kier alpha value is -2.71. The number of nitrogens with one attached hydrogen (secondary N) is 1. The summed E-state index contributed by atoms with van der Waals surface area (Å²) >= 11 is 5.98. The molecule has 5 nitrogen and oxygen atoms in total. The molecule has 2 rings (SSSR count). The number of benzene rings is 2. The minimum atomic E-state index is -0.330. The summed E-state index contributed by atoms with van der Waals surface area (Å²) in [6.07, 6.45) is 0. The van der Waals surface area contributed by atoms with Gasteiger partial charge >= 0.3 is 0 Å². The standard InChI is InChI=1S/C16H13ClN2O3/c1-21-15-6-5-12(8-14(15)17)19-16(20)10-22-13-4-2-3-11(7-13)9-18/h2-8H,10H2,1H3,(H,19,20). The summed E-state index contributed by atoms with van der Waals surface area (Å²) in [5.41, 5.74) is 1.02. The zero-order chi connectivity index (χ0) is 15.9. The second-order valence-corrected chi connectivity index (χ2v) is 4.73. The quantitative estimate of drug-likeness (QED) is 0.919. The maximum Gasteiger partial charge on any atom is 0.262 e. The molecular formula is C16H13ClN2O3. The normalized spacial score (nSPS) is 9.68. The van der Waals surface area contributed by atoms with Gasteiger partial charge in [-0.2, -0.15) is 5.26 Å². The van der Waals surface area contributed by atoms with Crippen molar-refractivity contribution in [2.24, 2.45) is 0 Å². The van der Waals surface area contributed by atoms with Gasteiger partial charge in [-0.1, -0.05) is 17.7 Å². The van der Waals surface area contributed by atoms with E-state index >= 15 is 0 Å². The lowest BCUT2D eigenvalue weighted by Crippen LogP contribution is -2.20. The number of halogens is 1. The number of ether oxygens (including phenoxy) is 2. The molecule has 0 aliphatic heterocycles. The SMILES string of the molecule is COc1ccc(NC(=O)COc2cccc(C#N)c2)cc1Cl. The number of carbonyl (C=O) groups excluding carboxylic acids is 1. The van der Waals surface area contributed by atoms with Gasteiger partial charge in [0.05, 0.1) is 23.8 Å². The number of rotatable bonds is 5. The summed E-state index contributed by atoms with van der Waals surface area (Å²) in [5.74, 6) is 0.662. The molecule has 0 bridgehead atoms. The molecule has 0 aromatic heterocycles. The van der Waals surface area contributed by atoms with E-state index in [1.165, 1.54) is 7.11 Å². The molecule has 1 amide bonds. The molecule has 0 aliphatic rings. The third kappa shape index (κ3) is 4.14. The third-order valence-corrected chi connectivity index (χ3v) is 3.06. The smallest absolute Gasteiger partial charge is 0.262 e. The lowest BCUT2D eigenvalue weighted by molar-refractivity contribution is -0.118. The van der Waals surface area contributed by atoms with Crippen molar-refractivity contribution in [2.75, 3.05) is 19.0 Å². The van der Waals surface area contributed by atoms with Gasteiger partial charge in [0.15, 0.2) is 6.61 Å². The van der Waals surface area contributed by atoms with Gasteiger partial charge in [-0.05, 0) is 36.4 Å². The van der Waals surface area contributed by atoms with E-state index in [1.807, 2.05) is 6.07 Å². The summed E-state index contributed by atoms with van der Waals surface area (Å²) in [4.78, 5) is 11.8. The molecule has 0 atom stereocenters. The topological polar surface area (TPSA) is 71.3 Å². The van der Waals surface area contributed by atoms with Gasteiger partial charge in [-0.15, -0.1) is 0 Å². The first-order chi connectivity index (χ1) is 10.6. The first-order valence-electron chi connectivity index (χ1n) is 6.38. The fourth-order valence-corrected chi connectivity index (χ4v) is 2.00. The van der Waals surface area contributed by atoms with Crippen molar-refractivity contribution in [2.45, 2.75) is 0 Å². The Morgan fingerprint density at radius 3 is 2.82 bits per heavy atom. The van der Waals surface area contributed by atoms with Gasteiger partial charge < -0.3 is 14.8 Å². The number of nitrogens with zero attached hydrogens (tertiary/aromatic N) is 1. The van der Waals surface area contributed by atoms with Crippen molar-refractivity contribution in [3.63, 3.8) is 0 Å². The van der Waals surface area contributed by atoms with Crippen LogP contribution < -0.4 is 14.8 Å². The molecule has 1 N–H and O–H groups in total. The maximum atomic E-state index is 11.8. The highest BCUT2D eigenvalue weighted by molar-refractivity contribution is 6.32. The summed E-state index contributed by atoms with van der Waals surface area (Å²) in [5, 5.41) is 11.9. The average molecular weight is 317 g/mol. The molecule has 2 aromatic rings. The number of amides is 1. The molecule has 0 saturated heterocycles. The lowest BCUT2D eigenvalue weighted by Gasteiger charge is -2.09. The molecule has 0 aliphatic carbocycles. The van der Waals surface area contributed by atoms with Crippen LogP contribution in [0.1, 0.15) is 5.56 Å². The van der Waals surface area contributed by atoms with Crippen molar-refractivity contribution >= 4 is 23.2 Å². The van der Waals surface area contributed by atoms with Gasteiger partial charge in [0, 0.05) is 5.69 Å². The number of hydrogen-bond donors (Lipinski definition) is 1. The van der Waals surface area contributed by atoms with Crippen molar-refractivity contribution in [1.82, 2.24) is 0 Å². The first-order valence-corrected chi connectivity index (χ1v) is 6.76. The third-order valence-electron chi connectivity index (χ3n) is 2.77. The Kier molecular flexibility index (Phi) is 5.23. The Bertz CT molecular complexity index is 726. The molecule has 0 fully saturated rings. The second kappa shape index (κ2) is 7.34. The second-order valence-electron chi connectivity index (χ2n) is 4.33. The van der Waals surface area contributed by atoms with Crippen LogP contribution in [0, 0.1) is 11.3 Å². The largest absolute Gasteiger partial charge is 0.495 e. The van der Waals surface area contributed by atoms with Crippen LogP contribution in [-0.4, -0.2) is 19.6 Å². The molecular weight excluding hydrogens is 304 g/mol. The van der Waals surface area contributed by atoms with Gasteiger partial charge in [-0.3, -0.25) is 4.79 Å². The minimum absolute atomic E-state index is 0.168. The van der Waals surface area contributed by atoms with E-state index in [0.29, 0.717) is 27.8 Å². The molecule has 0 unspecified atom stereocenters. The van der Waals surface area contributed by atoms with Gasteiger partial charge in [0.25, 0.3) is 5.91 Å². The Balaban J connectivity index is 1.93. The highest BCUT2D eigenvalue weighted by Gasteiger charge is 2.07. The molecule has 22 heavy (non-hydrogen) atoms. The van der Waals surface area contributed by atoms with Crippen LogP contribution in [0.2, 0.25) is 5.02 Å². The summed E-state index contributed by atoms with van der Waals surface area (Å²) in [6, 6.07) is 13.5. The molecule has 6 heteroatoms. The first kappa shape index (κ1) is 15.7. The minimum Gasteiger partial charge on any atom is -0.495 e. The van der Waals surface area contributed by atoms with Crippen LogP contribution in [0.3, 0.4) is 0 Å². The zero-order valence-corrected chi connectivity index (χ0v) is 12.6. The predicted octanol–water partition coefficient (Wildman–Crippen LogP) is 3.24. The fourth-order valence-electron chi connectivity index (χ4n) is 1.75. The van der Waals surface area contributed by atoms with Crippen LogP contribution in [0.4, 0.5) is 5.69 Å². The summed E-state index contributed by atoms with van der Waals surface area (Å²) < 4.78 is 10.4. The Morgan fingerprint density at radius 2 is 2.14 bits per heavy atom. The molecule has 0 heterocycles. The van der Waals surface area contributed by atoms with E-state index in [2.05, 4.69) is 5.32 Å². The van der Waals surface area contributed by atoms with Crippen molar-refractivity contribution in [1.29, 1.82) is 5.26 Å². The van der Waals surface area contributed by atoms with Gasteiger partial charge in [-0.25, -0.2) is 0 Å². The van der Waals surface area contributed by atoms with E-state index in [0.717, 1.165) is 0 Å². The maximum absolute atomic E-state index is 11.8. The van der Waals surface area contributed by atoms with Crippen LogP contribution in [-0.2, 0) is 4.79 Å². The van der Waals surface area contributed by atoms with Crippen LogP contribution in [0.5, 0.6) is 11.5 Å². The number of nitriles is 1. The number of carbonyl (C=O) groups is 1. The van der Waals surface area contributed by atoms with Gasteiger partial charge in [0.1, 0.15) is 11.5 Å². The zero-order valence-electron chi connectivity index (χ0n) is 11.8. The van der Waals surface area contributed by atoms with E-state index in [4.69, 9.17) is 26.3 Å². The number of hydrogen-bond acceptors (Lipinski definition) is 4. The molecule has 0 radical (unpaired) electrons. The van der Waals surface area contributed by atoms with E-state index in [9.17, 15) is 4.79 Å². The molecule has 0 spiro atoms. The van der Waals surface area contributed by atoms with Crippen molar-refractivity contribution in [3.8, 4) is 17.6 Å². The molecule has 2 aromatic carbocycles. The highest BCUT2D eigenvalue weighted by atomic mass is 35.5. The van der Waals surface area contributed by atoms with Crippen LogP contribution in [0.15, 0.2) is 42.5 Å². The Labute approximate surface area is 133 Å². The van der Waals surface area contributed by atoms with Crippen molar-refractivity contribution in [3.05, 3.63) is 53.1 Å². The number of anilines is 1. The molecule has 0 saturated carbocycles. The fraction of sp³-hybridized carbons (Fsp3) is 0.125. The molecule has 112 valence electrons. The van der Waals surface area contributed by atoms with Crippen molar-refractivity contribution < 1.29 is 14.3 Å². The van der Waals surface area contributed by atoms with Gasteiger partial charge in [0.2, 0.25) is 0 Å².